The van der Waals surface area contributed by atoms with Crippen molar-refractivity contribution in [3.05, 3.63) is 66.3 Å². The van der Waals surface area contributed by atoms with E-state index >= 15 is 0 Å². The summed E-state index contributed by atoms with van der Waals surface area (Å²) >= 11 is 0. The maximum absolute atomic E-state index is 12.5. The zero-order chi connectivity index (χ0) is 21.7. The molecule has 0 aromatic carbocycles. The van der Waals surface area contributed by atoms with Gasteiger partial charge in [-0.2, -0.15) is 18.3 Å². The minimum Gasteiger partial charge on any atom is -0.475 e. The number of carbonyl (C=O) groups excluding carboxylic acids is 1. The van der Waals surface area contributed by atoms with Gasteiger partial charge in [0.2, 0.25) is 0 Å². The van der Waals surface area contributed by atoms with E-state index < -0.39 is 12.1 Å². The first-order chi connectivity index (χ1) is 14.3. The van der Waals surface area contributed by atoms with Gasteiger partial charge in [-0.25, -0.2) is 9.78 Å². The van der Waals surface area contributed by atoms with E-state index in [1.807, 2.05) is 28.0 Å². The molecule has 0 saturated heterocycles. The number of aliphatic carboxylic acids is 1. The second-order valence-electron chi connectivity index (χ2n) is 6.29. The van der Waals surface area contributed by atoms with Gasteiger partial charge >= 0.3 is 12.1 Å². The maximum atomic E-state index is 12.5. The van der Waals surface area contributed by atoms with E-state index in [-0.39, 0.29) is 5.91 Å². The van der Waals surface area contributed by atoms with Crippen molar-refractivity contribution in [2.24, 2.45) is 0 Å². The maximum Gasteiger partial charge on any atom is 0.490 e. The highest BCUT2D eigenvalue weighted by Gasteiger charge is 2.38. The number of pyridine rings is 1. The molecule has 158 valence electrons. The van der Waals surface area contributed by atoms with E-state index in [1.165, 1.54) is 0 Å². The summed E-state index contributed by atoms with van der Waals surface area (Å²) in [7, 11) is 0. The number of nitrogens with zero attached hydrogens (tertiary/aromatic N) is 6. The molecule has 30 heavy (non-hydrogen) atoms. The number of alkyl halides is 3. The van der Waals surface area contributed by atoms with Gasteiger partial charge in [0.1, 0.15) is 5.82 Å². The molecule has 4 heterocycles. The molecule has 3 aromatic rings. The summed E-state index contributed by atoms with van der Waals surface area (Å²) in [5, 5.41) is 11.4. The minimum absolute atomic E-state index is 0.0234. The molecule has 1 N–H and O–H groups in total. The summed E-state index contributed by atoms with van der Waals surface area (Å²) in [6, 6.07) is 5.39. The van der Waals surface area contributed by atoms with Crippen molar-refractivity contribution in [1.29, 1.82) is 0 Å². The zero-order valence-corrected chi connectivity index (χ0v) is 15.5. The monoisotopic (exact) mass is 422 g/mol. The van der Waals surface area contributed by atoms with Gasteiger partial charge in [0.25, 0.3) is 5.91 Å². The molecule has 12 heteroatoms. The van der Waals surface area contributed by atoms with Crippen molar-refractivity contribution in [3.63, 3.8) is 0 Å². The van der Waals surface area contributed by atoms with E-state index in [0.29, 0.717) is 25.2 Å². The summed E-state index contributed by atoms with van der Waals surface area (Å²) in [6.07, 6.45) is 3.77. The number of hydrogen-bond acceptors (Lipinski definition) is 5. The molecule has 3 aromatic heterocycles. The Morgan fingerprint density at radius 3 is 2.43 bits per heavy atom. The van der Waals surface area contributed by atoms with Crippen molar-refractivity contribution in [2.45, 2.75) is 25.8 Å². The molecule has 0 saturated carbocycles. The standard InChI is InChI=1S/C16H16N6O.C2HF3O2/c23-16(13-2-5-17-6-3-13)20-8-9-22-14(10-18-15(22)12-20)11-21-7-1-4-19-21;3-2(4,5)1(6)7/h1-7,10H,8-9,11-12H2;(H,6,7). The smallest absolute Gasteiger partial charge is 0.475 e. The van der Waals surface area contributed by atoms with Gasteiger partial charge in [-0.05, 0) is 18.2 Å². The average molecular weight is 422 g/mol. The van der Waals surface area contributed by atoms with Crippen molar-refractivity contribution in [2.75, 3.05) is 6.54 Å². The molecule has 0 radical (unpaired) electrons. The van der Waals surface area contributed by atoms with Crippen LogP contribution >= 0.6 is 0 Å². The SMILES string of the molecule is O=C(O)C(F)(F)F.O=C(c1ccncc1)N1CCn2c(Cn3cccn3)cnc2C1. The van der Waals surface area contributed by atoms with Gasteiger partial charge in [-0.1, -0.05) is 0 Å². The second kappa shape index (κ2) is 8.76. The topological polar surface area (TPSA) is 106 Å². The summed E-state index contributed by atoms with van der Waals surface area (Å²) in [6.45, 7) is 2.65. The molecule has 0 bridgehead atoms. The number of amides is 1. The third-order valence-corrected chi connectivity index (χ3v) is 4.29. The lowest BCUT2D eigenvalue weighted by molar-refractivity contribution is -0.192. The van der Waals surface area contributed by atoms with E-state index in [1.54, 1.807) is 30.7 Å². The van der Waals surface area contributed by atoms with Crippen LogP contribution in [0.2, 0.25) is 0 Å². The van der Waals surface area contributed by atoms with Crippen molar-refractivity contribution in [1.82, 2.24) is 29.2 Å². The number of carbonyl (C=O) groups is 2. The average Bonchev–Trinajstić information content (AvgIpc) is 3.38. The normalized spacial score (nSPS) is 13.2. The molecular formula is C18H17F3N6O3. The van der Waals surface area contributed by atoms with E-state index in [9.17, 15) is 18.0 Å². The minimum atomic E-state index is -5.08. The number of halogens is 3. The van der Waals surface area contributed by atoms with Crippen LogP contribution in [0.3, 0.4) is 0 Å². The number of hydrogen-bond donors (Lipinski definition) is 1. The highest BCUT2D eigenvalue weighted by Crippen LogP contribution is 2.17. The van der Waals surface area contributed by atoms with Gasteiger partial charge in [0.05, 0.1) is 25.0 Å². The predicted octanol–water partition coefficient (Wildman–Crippen LogP) is 1.81. The van der Waals surface area contributed by atoms with Crippen molar-refractivity contribution >= 4 is 11.9 Å². The van der Waals surface area contributed by atoms with Crippen LogP contribution in [0.1, 0.15) is 21.9 Å². The predicted molar refractivity (Wildman–Crippen MR) is 96.2 cm³/mol. The molecular weight excluding hydrogens is 405 g/mol. The largest absolute Gasteiger partial charge is 0.490 e. The first-order valence-corrected chi connectivity index (χ1v) is 8.76. The Labute approximate surface area is 168 Å². The fraction of sp³-hybridized carbons (Fsp3) is 0.278. The number of fused-ring (bicyclic) bond motifs is 1. The number of aromatic nitrogens is 5. The molecule has 4 rings (SSSR count). The Hall–Kier alpha value is -3.70. The zero-order valence-electron chi connectivity index (χ0n) is 15.5. The Bertz CT molecular complexity index is 1000. The first-order valence-electron chi connectivity index (χ1n) is 8.76. The molecule has 9 nitrogen and oxygen atoms in total. The molecule has 1 amide bonds. The van der Waals surface area contributed by atoms with Gasteiger partial charge in [0.15, 0.2) is 0 Å². The van der Waals surface area contributed by atoms with Gasteiger partial charge in [-0.3, -0.25) is 14.5 Å². The van der Waals surface area contributed by atoms with Crippen LogP contribution in [0.25, 0.3) is 0 Å². The summed E-state index contributed by atoms with van der Waals surface area (Å²) in [5.74, 6) is -1.82. The third-order valence-electron chi connectivity index (χ3n) is 4.29. The van der Waals surface area contributed by atoms with Crippen LogP contribution in [-0.4, -0.2) is 58.9 Å². The molecule has 1 aliphatic rings. The van der Waals surface area contributed by atoms with Crippen LogP contribution in [0.4, 0.5) is 13.2 Å². The van der Waals surface area contributed by atoms with E-state index in [0.717, 1.165) is 18.1 Å². The molecule has 0 spiro atoms. The number of carboxylic acids is 1. The van der Waals surface area contributed by atoms with Crippen molar-refractivity contribution in [3.8, 4) is 0 Å². The van der Waals surface area contributed by atoms with Gasteiger partial charge < -0.3 is 14.6 Å². The van der Waals surface area contributed by atoms with Crippen LogP contribution in [0, 0.1) is 0 Å². The Balaban J connectivity index is 0.000000318. The van der Waals surface area contributed by atoms with Crippen LogP contribution in [0.15, 0.2) is 49.2 Å². The highest BCUT2D eigenvalue weighted by atomic mass is 19.4. The number of carboxylic acid groups (broad SMARTS) is 1. The van der Waals surface area contributed by atoms with E-state index in [2.05, 4.69) is 19.6 Å². The lowest BCUT2D eigenvalue weighted by atomic mass is 10.2. The van der Waals surface area contributed by atoms with Gasteiger partial charge in [-0.15, -0.1) is 0 Å². The molecule has 0 unspecified atom stereocenters. The summed E-state index contributed by atoms with van der Waals surface area (Å²) in [4.78, 5) is 31.7. The quantitative estimate of drug-likeness (QED) is 0.690. The fourth-order valence-corrected chi connectivity index (χ4v) is 2.86. The molecule has 0 aliphatic carbocycles. The van der Waals surface area contributed by atoms with Crippen LogP contribution in [0.5, 0.6) is 0 Å². The summed E-state index contributed by atoms with van der Waals surface area (Å²) in [5.41, 5.74) is 1.77. The van der Waals surface area contributed by atoms with E-state index in [4.69, 9.17) is 9.90 Å². The first kappa shape index (κ1) is 21.0. The Morgan fingerprint density at radius 2 is 1.83 bits per heavy atom. The lowest BCUT2D eigenvalue weighted by Gasteiger charge is -2.28. The lowest BCUT2D eigenvalue weighted by Crippen LogP contribution is -2.38. The highest BCUT2D eigenvalue weighted by molar-refractivity contribution is 5.94. The Kier molecular flexibility index (Phi) is 6.14. The fourth-order valence-electron chi connectivity index (χ4n) is 2.86. The van der Waals surface area contributed by atoms with Crippen LogP contribution in [-0.2, 0) is 24.4 Å². The molecule has 0 atom stereocenters. The number of rotatable bonds is 3. The second-order valence-corrected chi connectivity index (χ2v) is 6.29. The molecule has 0 fully saturated rings. The van der Waals surface area contributed by atoms with Crippen LogP contribution < -0.4 is 0 Å². The van der Waals surface area contributed by atoms with Gasteiger partial charge in [0, 0.05) is 43.4 Å². The number of imidazole rings is 1. The Morgan fingerprint density at radius 1 is 1.13 bits per heavy atom. The summed E-state index contributed by atoms with van der Waals surface area (Å²) < 4.78 is 35.8. The van der Waals surface area contributed by atoms with Crippen molar-refractivity contribution < 1.29 is 27.9 Å². The third kappa shape index (κ3) is 5.01. The molecule has 1 aliphatic heterocycles.